The zero-order valence-electron chi connectivity index (χ0n) is 9.09. The van der Waals surface area contributed by atoms with Gasteiger partial charge in [-0.3, -0.25) is 9.63 Å². The van der Waals surface area contributed by atoms with Crippen LogP contribution in [0.2, 0.25) is 0 Å². The Morgan fingerprint density at radius 3 is 2.53 bits per heavy atom. The van der Waals surface area contributed by atoms with Gasteiger partial charge in [0, 0.05) is 5.56 Å². The first kappa shape index (κ1) is 10.2. The van der Waals surface area contributed by atoms with Crippen LogP contribution in [0.25, 0.3) is 16.8 Å². The number of ketones is 1. The van der Waals surface area contributed by atoms with Gasteiger partial charge in [-0.2, -0.15) is 0 Å². The van der Waals surface area contributed by atoms with Crippen molar-refractivity contribution in [3.63, 3.8) is 0 Å². The molecule has 0 aromatic heterocycles. The minimum absolute atomic E-state index is 0.0873. The maximum atomic E-state index is 12.0. The van der Waals surface area contributed by atoms with Gasteiger partial charge in [0.1, 0.15) is 0 Å². The molecule has 1 unspecified atom stereocenters. The lowest BCUT2D eigenvalue weighted by atomic mass is 9.91. The van der Waals surface area contributed by atoms with Gasteiger partial charge < -0.3 is 0 Å². The van der Waals surface area contributed by atoms with E-state index in [4.69, 9.17) is 5.90 Å². The molecule has 0 bridgehead atoms. The Morgan fingerprint density at radius 1 is 1.12 bits per heavy atom. The van der Waals surface area contributed by atoms with E-state index in [0.717, 1.165) is 16.3 Å². The van der Waals surface area contributed by atoms with Gasteiger partial charge in [0.05, 0.1) is 0 Å². The Labute approximate surface area is 98.4 Å². The smallest absolute Gasteiger partial charge is 0.198 e. The van der Waals surface area contributed by atoms with Gasteiger partial charge in [-0.05, 0) is 34.5 Å². The normalized spacial score (nSPS) is 18.4. The highest BCUT2D eigenvalue weighted by molar-refractivity contribution is 6.09. The van der Waals surface area contributed by atoms with Gasteiger partial charge in [-0.15, -0.1) is 0 Å². The van der Waals surface area contributed by atoms with Crippen LogP contribution in [0.3, 0.4) is 0 Å². The van der Waals surface area contributed by atoms with Crippen molar-refractivity contribution in [1.82, 2.24) is 0 Å². The van der Waals surface area contributed by atoms with Crippen LogP contribution in [0.15, 0.2) is 42.5 Å². The fourth-order valence-electron chi connectivity index (χ4n) is 2.15. The first-order valence-electron chi connectivity index (χ1n) is 5.40. The van der Waals surface area contributed by atoms with Crippen LogP contribution >= 0.6 is 0 Å². The molecule has 1 atom stereocenters. The number of carbonyl (C=O) groups is 1. The van der Waals surface area contributed by atoms with Crippen LogP contribution in [0.4, 0.5) is 0 Å². The summed E-state index contributed by atoms with van der Waals surface area (Å²) in [5.74, 6) is 5.00. The zero-order chi connectivity index (χ0) is 11.8. The monoisotopic (exact) mass is 225 g/mol. The largest absolute Gasteiger partial charge is 0.291 e. The molecule has 0 saturated heterocycles. The molecule has 0 heterocycles. The third-order valence-electron chi connectivity index (χ3n) is 3.04. The summed E-state index contributed by atoms with van der Waals surface area (Å²) < 4.78 is 0. The number of fused-ring (bicyclic) bond motifs is 2. The number of hydrogen-bond acceptors (Lipinski definition) is 3. The highest BCUT2D eigenvalue weighted by atomic mass is 16.6. The Hall–Kier alpha value is -1.97. The van der Waals surface area contributed by atoms with Crippen LogP contribution in [0.1, 0.15) is 15.9 Å². The van der Waals surface area contributed by atoms with E-state index in [-0.39, 0.29) is 5.78 Å². The Bertz CT molecular complexity index is 631. The van der Waals surface area contributed by atoms with E-state index in [1.807, 2.05) is 42.5 Å². The van der Waals surface area contributed by atoms with Gasteiger partial charge >= 0.3 is 0 Å². The number of Topliss-reactive ketones (excluding diaryl/α,β-unsaturated/α-hetero) is 1. The lowest BCUT2D eigenvalue weighted by molar-refractivity contribution is 0.0568. The van der Waals surface area contributed by atoms with Crippen molar-refractivity contribution in [3.8, 4) is 0 Å². The first-order chi connectivity index (χ1) is 8.29. The predicted molar refractivity (Wildman–Crippen MR) is 66.4 cm³/mol. The average Bonchev–Trinajstić information content (AvgIpc) is 2.37. The van der Waals surface area contributed by atoms with Crippen LogP contribution in [0, 0.1) is 0 Å². The number of rotatable bonds is 1. The molecule has 2 aromatic rings. The summed E-state index contributed by atoms with van der Waals surface area (Å²) in [5.41, 5.74) is 1.59. The van der Waals surface area contributed by atoms with Gasteiger partial charge in [0.15, 0.2) is 11.9 Å². The molecule has 1 aliphatic carbocycles. The van der Waals surface area contributed by atoms with Crippen molar-refractivity contribution in [1.29, 1.82) is 0 Å². The van der Waals surface area contributed by atoms with E-state index in [0.29, 0.717) is 5.56 Å². The summed E-state index contributed by atoms with van der Waals surface area (Å²) in [6.07, 6.45) is 2.89. The molecule has 2 aromatic carbocycles. The van der Waals surface area contributed by atoms with Crippen molar-refractivity contribution in [2.75, 3.05) is 0 Å². The van der Waals surface area contributed by atoms with Gasteiger partial charge in [-0.1, -0.05) is 30.3 Å². The second-order valence-electron chi connectivity index (χ2n) is 4.07. The fourth-order valence-corrected chi connectivity index (χ4v) is 2.15. The summed E-state index contributed by atoms with van der Waals surface area (Å²) >= 11 is 0. The Balaban J connectivity index is 2.24. The number of benzene rings is 2. The molecule has 3 heteroatoms. The van der Waals surface area contributed by atoms with E-state index < -0.39 is 6.10 Å². The lowest BCUT2D eigenvalue weighted by Gasteiger charge is -2.16. The summed E-state index contributed by atoms with van der Waals surface area (Å²) in [6, 6.07) is 11.8. The summed E-state index contributed by atoms with van der Waals surface area (Å²) in [6.45, 7) is 0. The molecule has 0 amide bonds. The lowest BCUT2D eigenvalue weighted by Crippen LogP contribution is -2.27. The molecule has 17 heavy (non-hydrogen) atoms. The number of nitrogens with two attached hydrogens (primary N) is 1. The molecule has 0 fully saturated rings. The van der Waals surface area contributed by atoms with Crippen molar-refractivity contribution in [2.45, 2.75) is 6.10 Å². The average molecular weight is 225 g/mol. The summed E-state index contributed by atoms with van der Waals surface area (Å²) in [4.78, 5) is 16.7. The highest BCUT2D eigenvalue weighted by Gasteiger charge is 2.23. The quantitative estimate of drug-likeness (QED) is 0.758. The van der Waals surface area contributed by atoms with E-state index in [2.05, 4.69) is 4.84 Å². The van der Waals surface area contributed by atoms with Gasteiger partial charge in [0.25, 0.3) is 0 Å². The topological polar surface area (TPSA) is 52.3 Å². The minimum atomic E-state index is -0.663. The van der Waals surface area contributed by atoms with Crippen molar-refractivity contribution >= 4 is 22.6 Å². The van der Waals surface area contributed by atoms with E-state index in [1.165, 1.54) is 0 Å². The van der Waals surface area contributed by atoms with Crippen molar-refractivity contribution in [2.24, 2.45) is 5.90 Å². The maximum absolute atomic E-state index is 12.0. The maximum Gasteiger partial charge on any atom is 0.198 e. The van der Waals surface area contributed by atoms with Gasteiger partial charge in [0.2, 0.25) is 0 Å². The molecule has 3 nitrogen and oxygen atoms in total. The molecule has 2 N–H and O–H groups in total. The van der Waals surface area contributed by atoms with E-state index >= 15 is 0 Å². The van der Waals surface area contributed by atoms with Crippen LogP contribution in [-0.4, -0.2) is 11.9 Å². The zero-order valence-corrected chi connectivity index (χ0v) is 9.09. The Morgan fingerprint density at radius 2 is 1.82 bits per heavy atom. The molecule has 84 valence electrons. The highest BCUT2D eigenvalue weighted by Crippen LogP contribution is 2.26. The second-order valence-corrected chi connectivity index (χ2v) is 4.07. The number of carbonyl (C=O) groups excluding carboxylic acids is 1. The molecule has 0 radical (unpaired) electrons. The first-order valence-corrected chi connectivity index (χ1v) is 5.40. The minimum Gasteiger partial charge on any atom is -0.291 e. The molecule has 0 aliphatic heterocycles. The number of hydrogen-bond donors (Lipinski definition) is 1. The molecule has 0 spiro atoms. The van der Waals surface area contributed by atoms with E-state index in [9.17, 15) is 4.79 Å². The molecule has 3 rings (SSSR count). The predicted octanol–water partition coefficient (Wildman–Crippen LogP) is 2.31. The van der Waals surface area contributed by atoms with Crippen molar-refractivity contribution in [3.05, 3.63) is 53.6 Å². The van der Waals surface area contributed by atoms with Crippen molar-refractivity contribution < 1.29 is 9.63 Å². The molecule has 1 aliphatic rings. The Kier molecular flexibility index (Phi) is 2.28. The van der Waals surface area contributed by atoms with Crippen LogP contribution in [0.5, 0.6) is 0 Å². The molecular formula is C14H11NO2. The van der Waals surface area contributed by atoms with Crippen LogP contribution < -0.4 is 5.90 Å². The third kappa shape index (κ3) is 1.56. The molecular weight excluding hydrogens is 214 g/mol. The van der Waals surface area contributed by atoms with Gasteiger partial charge in [-0.25, -0.2) is 5.90 Å². The van der Waals surface area contributed by atoms with E-state index in [1.54, 1.807) is 6.08 Å². The fraction of sp³-hybridized carbons (Fsp3) is 0.0714. The second kappa shape index (κ2) is 3.80. The standard InChI is InChI=1S/C14H11NO2/c15-17-13-6-5-11-7-9-3-1-2-4-10(9)8-12(11)14(13)16/h1-8,13H,15H2. The van der Waals surface area contributed by atoms with Crippen LogP contribution in [-0.2, 0) is 4.84 Å². The summed E-state index contributed by atoms with van der Waals surface area (Å²) in [7, 11) is 0. The molecule has 0 saturated carbocycles. The summed E-state index contributed by atoms with van der Waals surface area (Å²) in [5, 5.41) is 2.17. The SMILES string of the molecule is NOC1C=Cc2cc3ccccc3cc2C1=O. The third-order valence-corrected chi connectivity index (χ3v) is 3.04.